The molecule has 0 spiro atoms. The van der Waals surface area contributed by atoms with Gasteiger partial charge in [-0.3, -0.25) is 4.79 Å². The SMILES string of the molecule is C=C(C)CNC(=NCC(=O)N(C)C)NC1CCN(CC2CCOC2)CC1.I. The van der Waals surface area contributed by atoms with E-state index >= 15 is 0 Å². The van der Waals surface area contributed by atoms with Gasteiger partial charge in [0.15, 0.2) is 5.96 Å². The van der Waals surface area contributed by atoms with Gasteiger partial charge in [-0.25, -0.2) is 4.99 Å². The van der Waals surface area contributed by atoms with Crippen LogP contribution in [-0.2, 0) is 9.53 Å². The molecule has 7 nitrogen and oxygen atoms in total. The van der Waals surface area contributed by atoms with Crippen molar-refractivity contribution in [2.24, 2.45) is 10.9 Å². The Kier molecular flexibility index (Phi) is 11.2. The highest BCUT2D eigenvalue weighted by atomic mass is 127. The average Bonchev–Trinajstić information content (AvgIpc) is 3.11. The summed E-state index contributed by atoms with van der Waals surface area (Å²) in [5.74, 6) is 1.40. The fourth-order valence-electron chi connectivity index (χ4n) is 3.22. The van der Waals surface area contributed by atoms with Gasteiger partial charge in [-0.1, -0.05) is 12.2 Å². The number of amides is 1. The molecule has 2 saturated heterocycles. The summed E-state index contributed by atoms with van der Waals surface area (Å²) in [6, 6.07) is 0.386. The number of halogens is 1. The zero-order valence-corrected chi connectivity index (χ0v) is 19.3. The van der Waals surface area contributed by atoms with Crippen LogP contribution in [-0.4, -0.2) is 87.7 Å². The molecular weight excluding hydrogens is 457 g/mol. The van der Waals surface area contributed by atoms with Crippen molar-refractivity contribution in [2.75, 3.05) is 60.0 Å². The number of likely N-dealkylation sites (N-methyl/N-ethyl adjacent to an activating group) is 1. The summed E-state index contributed by atoms with van der Waals surface area (Å²) in [4.78, 5) is 20.4. The molecule has 1 amide bonds. The molecule has 0 bridgehead atoms. The zero-order chi connectivity index (χ0) is 18.9. The van der Waals surface area contributed by atoms with E-state index in [1.165, 1.54) is 6.42 Å². The van der Waals surface area contributed by atoms with Crippen LogP contribution in [0.1, 0.15) is 26.2 Å². The molecule has 2 rings (SSSR count). The van der Waals surface area contributed by atoms with Gasteiger partial charge in [0.05, 0.1) is 6.61 Å². The number of nitrogens with zero attached hydrogens (tertiary/aromatic N) is 3. The normalized spacial score (nSPS) is 21.4. The third-order valence-electron chi connectivity index (χ3n) is 4.90. The summed E-state index contributed by atoms with van der Waals surface area (Å²) >= 11 is 0. The molecule has 156 valence electrons. The molecule has 0 saturated carbocycles. The Labute approximate surface area is 181 Å². The average molecular weight is 493 g/mol. The van der Waals surface area contributed by atoms with Crippen LogP contribution in [0.3, 0.4) is 0 Å². The molecule has 1 unspecified atom stereocenters. The first-order valence-corrected chi connectivity index (χ1v) is 9.63. The minimum Gasteiger partial charge on any atom is -0.381 e. The van der Waals surface area contributed by atoms with E-state index in [4.69, 9.17) is 4.74 Å². The first kappa shape index (κ1) is 24.2. The first-order chi connectivity index (χ1) is 12.4. The van der Waals surface area contributed by atoms with Gasteiger partial charge in [0.1, 0.15) is 6.54 Å². The van der Waals surface area contributed by atoms with Gasteiger partial charge in [0, 0.05) is 52.9 Å². The number of piperidine rings is 1. The molecule has 0 aliphatic carbocycles. The highest BCUT2D eigenvalue weighted by molar-refractivity contribution is 14.0. The monoisotopic (exact) mass is 493 g/mol. The molecular formula is C19H36IN5O2. The van der Waals surface area contributed by atoms with Gasteiger partial charge >= 0.3 is 0 Å². The Morgan fingerprint density at radius 3 is 2.56 bits per heavy atom. The number of guanidine groups is 1. The highest BCUT2D eigenvalue weighted by Gasteiger charge is 2.24. The van der Waals surface area contributed by atoms with E-state index in [1.807, 2.05) is 6.92 Å². The van der Waals surface area contributed by atoms with Crippen molar-refractivity contribution in [1.82, 2.24) is 20.4 Å². The molecule has 1 atom stereocenters. The standard InChI is InChI=1S/C19H35N5O2.HI/c1-15(2)11-20-19(21-12-18(25)23(3)4)22-17-5-8-24(9-6-17)13-16-7-10-26-14-16;/h16-17H,1,5-14H2,2-4H3,(H2,20,21,22);1H. The first-order valence-electron chi connectivity index (χ1n) is 9.63. The van der Waals surface area contributed by atoms with Crippen LogP contribution in [0.15, 0.2) is 17.1 Å². The fourth-order valence-corrected chi connectivity index (χ4v) is 3.22. The molecule has 0 aromatic rings. The van der Waals surface area contributed by atoms with Gasteiger partial charge in [-0.15, -0.1) is 24.0 Å². The van der Waals surface area contributed by atoms with Gasteiger partial charge < -0.3 is 25.2 Å². The van der Waals surface area contributed by atoms with E-state index in [0.29, 0.717) is 24.5 Å². The van der Waals surface area contributed by atoms with Crippen molar-refractivity contribution in [3.05, 3.63) is 12.2 Å². The Morgan fingerprint density at radius 1 is 1.30 bits per heavy atom. The Morgan fingerprint density at radius 2 is 2.00 bits per heavy atom. The third kappa shape index (κ3) is 9.25. The van der Waals surface area contributed by atoms with Crippen LogP contribution in [0.2, 0.25) is 0 Å². The number of hydrogen-bond donors (Lipinski definition) is 2. The highest BCUT2D eigenvalue weighted by Crippen LogP contribution is 2.17. The van der Waals surface area contributed by atoms with E-state index in [-0.39, 0.29) is 36.4 Å². The van der Waals surface area contributed by atoms with Gasteiger partial charge in [0.2, 0.25) is 5.91 Å². The van der Waals surface area contributed by atoms with E-state index in [1.54, 1.807) is 19.0 Å². The Bertz CT molecular complexity index is 498. The van der Waals surface area contributed by atoms with Gasteiger partial charge in [-0.2, -0.15) is 0 Å². The Hall–Kier alpha value is -0.870. The number of aliphatic imine (C=N–C) groups is 1. The van der Waals surface area contributed by atoms with Crippen molar-refractivity contribution in [1.29, 1.82) is 0 Å². The molecule has 27 heavy (non-hydrogen) atoms. The lowest BCUT2D eigenvalue weighted by Gasteiger charge is -2.34. The number of hydrogen-bond acceptors (Lipinski definition) is 4. The molecule has 8 heteroatoms. The van der Waals surface area contributed by atoms with E-state index in [9.17, 15) is 4.79 Å². The van der Waals surface area contributed by atoms with Crippen LogP contribution in [0, 0.1) is 5.92 Å². The van der Waals surface area contributed by atoms with Crippen LogP contribution < -0.4 is 10.6 Å². The number of ether oxygens (including phenoxy) is 1. The molecule has 2 aliphatic heterocycles. The lowest BCUT2D eigenvalue weighted by atomic mass is 10.0. The summed E-state index contributed by atoms with van der Waals surface area (Å²) in [6.45, 7) is 11.9. The van der Waals surface area contributed by atoms with Crippen molar-refractivity contribution >= 4 is 35.8 Å². The molecule has 2 fully saturated rings. The van der Waals surface area contributed by atoms with Crippen LogP contribution >= 0.6 is 24.0 Å². The maximum absolute atomic E-state index is 11.8. The minimum absolute atomic E-state index is 0. The summed E-state index contributed by atoms with van der Waals surface area (Å²) in [7, 11) is 3.49. The number of rotatable bonds is 7. The van der Waals surface area contributed by atoms with Gasteiger partial charge in [0.25, 0.3) is 0 Å². The molecule has 2 aliphatic rings. The van der Waals surface area contributed by atoms with Crippen LogP contribution in [0.25, 0.3) is 0 Å². The van der Waals surface area contributed by atoms with Crippen LogP contribution in [0.4, 0.5) is 0 Å². The second-order valence-electron chi connectivity index (χ2n) is 7.71. The van der Waals surface area contributed by atoms with Crippen molar-refractivity contribution < 1.29 is 9.53 Å². The van der Waals surface area contributed by atoms with Crippen molar-refractivity contribution in [3.8, 4) is 0 Å². The largest absolute Gasteiger partial charge is 0.381 e. The maximum atomic E-state index is 11.8. The molecule has 2 heterocycles. The predicted octanol–water partition coefficient (Wildman–Crippen LogP) is 1.30. The zero-order valence-electron chi connectivity index (χ0n) is 17.0. The van der Waals surface area contributed by atoms with E-state index in [0.717, 1.165) is 51.3 Å². The summed E-state index contributed by atoms with van der Waals surface area (Å²) < 4.78 is 5.48. The second-order valence-corrected chi connectivity index (χ2v) is 7.71. The lowest BCUT2D eigenvalue weighted by Crippen LogP contribution is -2.49. The number of carbonyl (C=O) groups excluding carboxylic acids is 1. The molecule has 0 aromatic carbocycles. The third-order valence-corrected chi connectivity index (χ3v) is 4.90. The second kappa shape index (κ2) is 12.6. The number of carbonyl (C=O) groups is 1. The van der Waals surface area contributed by atoms with Crippen LogP contribution in [0.5, 0.6) is 0 Å². The molecule has 0 aromatic heterocycles. The minimum atomic E-state index is -0.00460. The Balaban J connectivity index is 0.00000364. The maximum Gasteiger partial charge on any atom is 0.243 e. The molecule has 0 radical (unpaired) electrons. The fraction of sp³-hybridized carbons (Fsp3) is 0.789. The summed E-state index contributed by atoms with van der Waals surface area (Å²) in [6.07, 6.45) is 3.37. The lowest BCUT2D eigenvalue weighted by molar-refractivity contribution is -0.127. The number of nitrogens with one attached hydrogen (secondary N) is 2. The van der Waals surface area contributed by atoms with E-state index in [2.05, 4.69) is 27.1 Å². The van der Waals surface area contributed by atoms with Crippen molar-refractivity contribution in [2.45, 2.75) is 32.2 Å². The number of likely N-dealkylation sites (tertiary alicyclic amines) is 1. The predicted molar refractivity (Wildman–Crippen MR) is 121 cm³/mol. The molecule has 2 N–H and O–H groups in total. The topological polar surface area (TPSA) is 69.2 Å². The smallest absolute Gasteiger partial charge is 0.243 e. The van der Waals surface area contributed by atoms with E-state index < -0.39 is 0 Å². The van der Waals surface area contributed by atoms with Gasteiger partial charge in [-0.05, 0) is 32.1 Å². The summed E-state index contributed by atoms with van der Waals surface area (Å²) in [5, 5.41) is 6.76. The summed E-state index contributed by atoms with van der Waals surface area (Å²) in [5.41, 5.74) is 1.03. The van der Waals surface area contributed by atoms with Crippen molar-refractivity contribution in [3.63, 3.8) is 0 Å². The quantitative estimate of drug-likeness (QED) is 0.242.